The van der Waals surface area contributed by atoms with E-state index in [1.165, 1.54) is 46.2 Å². The Hall–Kier alpha value is -3.37. The van der Waals surface area contributed by atoms with Crippen LogP contribution in [-0.4, -0.2) is 15.9 Å². The molecule has 0 saturated carbocycles. The fraction of sp³-hybridized carbons (Fsp3) is 0.0667. The summed E-state index contributed by atoms with van der Waals surface area (Å²) in [5.41, 5.74) is 6.67. The third-order valence-corrected chi connectivity index (χ3v) is 6.22. The largest absolute Gasteiger partial charge is 0.512 e. The van der Waals surface area contributed by atoms with Gasteiger partial charge >= 0.3 is 0 Å². The monoisotopic (exact) mass is 655 g/mol. The van der Waals surface area contributed by atoms with Crippen LogP contribution in [0.25, 0.3) is 43.0 Å². The molecule has 0 unspecified atom stereocenters. The maximum Gasteiger partial charge on any atom is 0.155 e. The van der Waals surface area contributed by atoms with Gasteiger partial charge in [-0.15, -0.1) is 47.2 Å². The second kappa shape index (κ2) is 12.4. The molecule has 0 amide bonds. The number of carbonyl (C=O) groups excluding carboxylic acids is 1. The van der Waals surface area contributed by atoms with Crippen LogP contribution in [0.15, 0.2) is 109 Å². The number of rotatable bonds is 4. The van der Waals surface area contributed by atoms with Gasteiger partial charge in [0.1, 0.15) is 0 Å². The topological polar surface area (TPSA) is 50.2 Å². The molecule has 0 bridgehead atoms. The van der Waals surface area contributed by atoms with Gasteiger partial charge in [-0.1, -0.05) is 66.7 Å². The number of aliphatic hydroxyl groups is 1. The first-order chi connectivity index (χ1) is 16.5. The minimum atomic E-state index is -0.125. The van der Waals surface area contributed by atoms with Crippen molar-refractivity contribution in [3.8, 4) is 32.8 Å². The number of hydrogen-bond acceptors (Lipinski definition) is 4. The molecule has 3 aromatic carbocycles. The van der Waals surface area contributed by atoms with Crippen LogP contribution in [0.2, 0.25) is 0 Å². The van der Waals surface area contributed by atoms with Crippen molar-refractivity contribution in [3.63, 3.8) is 0 Å². The molecule has 0 aliphatic rings. The van der Waals surface area contributed by atoms with E-state index < -0.39 is 0 Å². The van der Waals surface area contributed by atoms with Crippen LogP contribution in [0.5, 0.6) is 0 Å². The number of allylic oxidation sites excluding steroid dienone is 2. The van der Waals surface area contributed by atoms with Crippen LogP contribution in [0.3, 0.4) is 0 Å². The van der Waals surface area contributed by atoms with Gasteiger partial charge in [0.05, 0.1) is 16.0 Å². The van der Waals surface area contributed by atoms with Gasteiger partial charge < -0.3 is 5.11 Å². The summed E-state index contributed by atoms with van der Waals surface area (Å²) in [5.74, 6) is -0.0625. The van der Waals surface area contributed by atoms with Crippen LogP contribution in [0.1, 0.15) is 13.8 Å². The van der Waals surface area contributed by atoms with Gasteiger partial charge in [-0.05, 0) is 36.7 Å². The molecule has 0 aliphatic heterocycles. The van der Waals surface area contributed by atoms with Crippen molar-refractivity contribution in [2.24, 2.45) is 0 Å². The molecule has 5 aromatic rings. The van der Waals surface area contributed by atoms with Crippen molar-refractivity contribution in [1.82, 2.24) is 4.98 Å². The molecule has 0 atom stereocenters. The molecule has 177 valence electrons. The number of aliphatic hydroxyl groups excluding tert-OH is 1. The number of hydrogen-bond donors (Lipinski definition) is 1. The number of pyridine rings is 1. The average Bonchev–Trinajstić information content (AvgIpc) is 3.24. The van der Waals surface area contributed by atoms with Gasteiger partial charge in [0.15, 0.2) is 5.78 Å². The number of aromatic nitrogens is 1. The Kier molecular flexibility index (Phi) is 9.27. The Morgan fingerprint density at radius 1 is 0.857 bits per heavy atom. The van der Waals surface area contributed by atoms with E-state index >= 15 is 0 Å². The Bertz CT molecular complexity index is 1430. The minimum absolute atomic E-state index is 0. The Labute approximate surface area is 223 Å². The summed E-state index contributed by atoms with van der Waals surface area (Å²) in [6.45, 7) is 2.85. The number of nitrogens with zero attached hydrogens (tertiary/aromatic N) is 1. The molecule has 5 rings (SSSR count). The number of thiophene rings is 1. The molecule has 2 heterocycles. The zero-order chi connectivity index (χ0) is 23.9. The predicted molar refractivity (Wildman–Crippen MR) is 142 cm³/mol. The van der Waals surface area contributed by atoms with Crippen LogP contribution >= 0.6 is 11.3 Å². The molecule has 3 nitrogen and oxygen atoms in total. The molecular weight excluding hydrogens is 631 g/mol. The van der Waals surface area contributed by atoms with E-state index in [4.69, 9.17) is 10.1 Å². The SMILES string of the molecule is CC(=O)/C=C(/C)O.[Ir].[c-]1ccccc1-c1ccc2sc(-c3ccccc3)c(-c3ccccc3)c2n1. The third kappa shape index (κ3) is 6.61. The second-order valence-corrected chi connectivity index (χ2v) is 8.81. The van der Waals surface area contributed by atoms with Crippen molar-refractivity contribution in [2.45, 2.75) is 13.8 Å². The quantitative estimate of drug-likeness (QED) is 0.121. The summed E-state index contributed by atoms with van der Waals surface area (Å²) >= 11 is 1.80. The summed E-state index contributed by atoms with van der Waals surface area (Å²) < 4.78 is 1.20. The molecule has 0 spiro atoms. The molecule has 35 heavy (non-hydrogen) atoms. The van der Waals surface area contributed by atoms with Crippen LogP contribution in [-0.2, 0) is 24.9 Å². The van der Waals surface area contributed by atoms with Crippen LogP contribution in [0.4, 0.5) is 0 Å². The first-order valence-corrected chi connectivity index (χ1v) is 11.7. The Morgan fingerprint density at radius 2 is 1.49 bits per heavy atom. The van der Waals surface area contributed by atoms with E-state index in [9.17, 15) is 4.79 Å². The van der Waals surface area contributed by atoms with Gasteiger partial charge in [0, 0.05) is 36.6 Å². The van der Waals surface area contributed by atoms with E-state index in [-0.39, 0.29) is 31.6 Å². The van der Waals surface area contributed by atoms with Crippen molar-refractivity contribution in [3.05, 3.63) is 115 Å². The molecular formula is C30H24IrNO2S-. The molecule has 5 heteroatoms. The third-order valence-electron chi connectivity index (χ3n) is 5.03. The molecule has 0 aliphatic carbocycles. The van der Waals surface area contributed by atoms with Crippen molar-refractivity contribution in [2.75, 3.05) is 0 Å². The Morgan fingerprint density at radius 3 is 2.03 bits per heavy atom. The van der Waals surface area contributed by atoms with E-state index in [0.29, 0.717) is 0 Å². The number of benzene rings is 3. The molecule has 2 aromatic heterocycles. The molecule has 0 fully saturated rings. The fourth-order valence-electron chi connectivity index (χ4n) is 3.64. The standard InChI is InChI=1S/C25H16NS.C5H8O2.Ir/c1-4-10-18(11-5-1)21-16-17-22-24(26-21)23(19-12-6-2-7-13-19)25(27-22)20-14-8-3-9-15-20;1-4(6)3-5(2)7;/h1-10,12-17H;3,6H,1-2H3;/q-1;;/b;4-3-;. The van der Waals surface area contributed by atoms with Gasteiger partial charge in [-0.25, -0.2) is 0 Å². The summed E-state index contributed by atoms with van der Waals surface area (Å²) in [6.07, 6.45) is 1.17. The van der Waals surface area contributed by atoms with Gasteiger partial charge in [-0.2, -0.15) is 0 Å². The summed E-state index contributed by atoms with van der Waals surface area (Å²) in [6, 6.07) is 36.7. The predicted octanol–water partition coefficient (Wildman–Crippen LogP) is 8.13. The molecule has 1 radical (unpaired) electrons. The molecule has 0 saturated heterocycles. The normalized spacial score (nSPS) is 10.7. The van der Waals surface area contributed by atoms with E-state index in [1.54, 1.807) is 11.3 Å². The summed E-state index contributed by atoms with van der Waals surface area (Å²) in [5, 5.41) is 8.36. The van der Waals surface area contributed by atoms with Gasteiger partial charge in [-0.3, -0.25) is 9.78 Å². The van der Waals surface area contributed by atoms with Crippen molar-refractivity contribution < 1.29 is 30.0 Å². The first kappa shape index (κ1) is 26.2. The average molecular weight is 655 g/mol. The van der Waals surface area contributed by atoms with Crippen LogP contribution in [0, 0.1) is 6.07 Å². The minimum Gasteiger partial charge on any atom is -0.512 e. The van der Waals surface area contributed by atoms with E-state index in [2.05, 4.69) is 84.9 Å². The fourth-order valence-corrected chi connectivity index (χ4v) is 4.81. The maximum absolute atomic E-state index is 10.0. The van der Waals surface area contributed by atoms with Crippen LogP contribution < -0.4 is 0 Å². The number of ketones is 1. The van der Waals surface area contributed by atoms with Crippen molar-refractivity contribution >= 4 is 27.3 Å². The summed E-state index contributed by atoms with van der Waals surface area (Å²) in [4.78, 5) is 16.3. The van der Waals surface area contributed by atoms with Gasteiger partial charge in [0.25, 0.3) is 0 Å². The number of carbonyl (C=O) groups is 1. The molecule has 1 N–H and O–H groups in total. The van der Waals surface area contributed by atoms with Crippen molar-refractivity contribution in [1.29, 1.82) is 0 Å². The van der Waals surface area contributed by atoms with E-state index in [1.807, 2.05) is 18.2 Å². The summed E-state index contributed by atoms with van der Waals surface area (Å²) in [7, 11) is 0. The maximum atomic E-state index is 10.0. The first-order valence-electron chi connectivity index (χ1n) is 10.9. The van der Waals surface area contributed by atoms with E-state index in [0.717, 1.165) is 16.8 Å². The second-order valence-electron chi connectivity index (χ2n) is 7.75. The number of fused-ring (bicyclic) bond motifs is 1. The zero-order valence-corrected chi connectivity index (χ0v) is 22.6. The van der Waals surface area contributed by atoms with Gasteiger partial charge in [0.2, 0.25) is 0 Å². The Balaban J connectivity index is 0.000000378. The smallest absolute Gasteiger partial charge is 0.155 e. The zero-order valence-electron chi connectivity index (χ0n) is 19.4.